The molecule has 0 bridgehead atoms. The minimum atomic E-state index is -0.512. The molecule has 1 aromatic rings. The predicted molar refractivity (Wildman–Crippen MR) is 115 cm³/mol. The molecule has 0 aromatic heterocycles. The van der Waals surface area contributed by atoms with Crippen LogP contribution in [-0.2, 0) is 4.74 Å². The summed E-state index contributed by atoms with van der Waals surface area (Å²) in [7, 11) is 0. The third kappa shape index (κ3) is 6.09. The lowest BCUT2D eigenvalue weighted by molar-refractivity contribution is 0.0476. The lowest BCUT2D eigenvalue weighted by atomic mass is 9.89. The van der Waals surface area contributed by atoms with E-state index in [4.69, 9.17) is 10.00 Å². The fourth-order valence-corrected chi connectivity index (χ4v) is 4.40. The Labute approximate surface area is 178 Å². The zero-order valence-electron chi connectivity index (χ0n) is 18.2. The van der Waals surface area contributed by atoms with E-state index in [0.29, 0.717) is 0 Å². The molecule has 2 N–H and O–H groups in total. The second kappa shape index (κ2) is 9.65. The van der Waals surface area contributed by atoms with Crippen LogP contribution in [0.1, 0.15) is 64.9 Å². The molecule has 1 heterocycles. The van der Waals surface area contributed by atoms with E-state index in [1.54, 1.807) is 6.07 Å². The van der Waals surface area contributed by atoms with Crippen molar-refractivity contribution in [2.75, 3.05) is 18.0 Å². The number of nitrogens with one attached hydrogen (secondary N) is 2. The Balaban J connectivity index is 1.60. The number of halogens is 1. The third-order valence-electron chi connectivity index (χ3n) is 5.78. The maximum Gasteiger partial charge on any atom is 0.407 e. The number of amides is 1. The summed E-state index contributed by atoms with van der Waals surface area (Å²) in [6.07, 6.45) is 5.89. The second-order valence-corrected chi connectivity index (χ2v) is 9.37. The van der Waals surface area contributed by atoms with Crippen molar-refractivity contribution in [2.24, 2.45) is 0 Å². The van der Waals surface area contributed by atoms with Gasteiger partial charge in [-0.2, -0.15) is 5.26 Å². The molecule has 1 aliphatic carbocycles. The van der Waals surface area contributed by atoms with Gasteiger partial charge in [0.2, 0.25) is 0 Å². The van der Waals surface area contributed by atoms with Crippen molar-refractivity contribution in [3.05, 3.63) is 29.6 Å². The topological polar surface area (TPSA) is 77.4 Å². The van der Waals surface area contributed by atoms with Crippen LogP contribution in [0.4, 0.5) is 14.9 Å². The summed E-state index contributed by atoms with van der Waals surface area (Å²) in [5.74, 6) is -0.473. The van der Waals surface area contributed by atoms with Gasteiger partial charge >= 0.3 is 6.09 Å². The Morgan fingerprint density at radius 2 is 1.93 bits per heavy atom. The SMILES string of the molecule is CC(C)(C)OC(=O)N[C@@H]1CCCC[C@H]1NC1CCCN(c2ccc(C#N)c(F)c2)C1. The number of hydrogen-bond acceptors (Lipinski definition) is 5. The van der Waals surface area contributed by atoms with Crippen molar-refractivity contribution in [2.45, 2.75) is 83.0 Å². The Bertz CT molecular complexity index is 786. The van der Waals surface area contributed by atoms with Gasteiger partial charge in [-0.15, -0.1) is 0 Å². The summed E-state index contributed by atoms with van der Waals surface area (Å²) in [5.41, 5.74) is 0.371. The highest BCUT2D eigenvalue weighted by molar-refractivity contribution is 5.68. The average molecular weight is 417 g/mol. The highest BCUT2D eigenvalue weighted by Crippen LogP contribution is 2.25. The van der Waals surface area contributed by atoms with E-state index in [9.17, 15) is 9.18 Å². The number of piperidine rings is 1. The molecule has 1 saturated heterocycles. The van der Waals surface area contributed by atoms with Gasteiger partial charge in [-0.25, -0.2) is 9.18 Å². The number of anilines is 1. The first-order valence-corrected chi connectivity index (χ1v) is 11.0. The number of benzene rings is 1. The molecule has 1 saturated carbocycles. The number of nitrogens with zero attached hydrogens (tertiary/aromatic N) is 2. The fraction of sp³-hybridized carbons (Fsp3) is 0.652. The van der Waals surface area contributed by atoms with Crippen LogP contribution < -0.4 is 15.5 Å². The molecule has 6 nitrogen and oxygen atoms in total. The number of ether oxygens (including phenoxy) is 1. The van der Waals surface area contributed by atoms with Crippen LogP contribution in [0.3, 0.4) is 0 Å². The standard InChI is InChI=1S/C23H33FN4O2/c1-23(2,3)30-22(29)27-21-9-5-4-8-20(21)26-17-7-6-12-28(15-17)18-11-10-16(14-25)19(24)13-18/h10-11,13,17,20-21,26H,4-9,12,15H2,1-3H3,(H,27,29)/t17?,20-,21-/m1/s1. The van der Waals surface area contributed by atoms with Crippen molar-refractivity contribution in [1.82, 2.24) is 10.6 Å². The third-order valence-corrected chi connectivity index (χ3v) is 5.78. The molecule has 0 radical (unpaired) electrons. The summed E-state index contributed by atoms with van der Waals surface area (Å²) < 4.78 is 19.5. The first kappa shape index (κ1) is 22.4. The van der Waals surface area contributed by atoms with E-state index >= 15 is 0 Å². The van der Waals surface area contributed by atoms with Crippen LogP contribution >= 0.6 is 0 Å². The van der Waals surface area contributed by atoms with Crippen LogP contribution in [0.2, 0.25) is 0 Å². The van der Waals surface area contributed by atoms with E-state index in [0.717, 1.165) is 57.3 Å². The molecule has 3 atom stereocenters. The van der Waals surface area contributed by atoms with E-state index in [1.807, 2.05) is 32.9 Å². The molecular weight excluding hydrogens is 383 g/mol. The zero-order chi connectivity index (χ0) is 21.7. The molecule has 0 spiro atoms. The van der Waals surface area contributed by atoms with Gasteiger partial charge in [0.25, 0.3) is 0 Å². The van der Waals surface area contributed by atoms with E-state index in [-0.39, 0.29) is 29.8 Å². The van der Waals surface area contributed by atoms with Crippen LogP contribution in [0.15, 0.2) is 18.2 Å². The van der Waals surface area contributed by atoms with Crippen molar-refractivity contribution in [1.29, 1.82) is 5.26 Å². The van der Waals surface area contributed by atoms with Gasteiger partial charge in [0, 0.05) is 36.9 Å². The first-order chi connectivity index (χ1) is 14.2. The molecule has 1 aliphatic heterocycles. The number of carbonyl (C=O) groups excluding carboxylic acids is 1. The summed E-state index contributed by atoms with van der Waals surface area (Å²) in [6.45, 7) is 7.25. The van der Waals surface area contributed by atoms with E-state index in [1.165, 1.54) is 6.07 Å². The van der Waals surface area contributed by atoms with Crippen molar-refractivity contribution in [3.63, 3.8) is 0 Å². The smallest absolute Gasteiger partial charge is 0.407 e. The van der Waals surface area contributed by atoms with Gasteiger partial charge in [0.05, 0.1) is 5.56 Å². The Hall–Kier alpha value is -2.33. The Morgan fingerprint density at radius 1 is 1.20 bits per heavy atom. The Morgan fingerprint density at radius 3 is 2.60 bits per heavy atom. The molecule has 1 aromatic carbocycles. The van der Waals surface area contributed by atoms with E-state index < -0.39 is 11.4 Å². The molecule has 7 heteroatoms. The molecule has 164 valence electrons. The number of carbonyl (C=O) groups is 1. The lowest BCUT2D eigenvalue weighted by Crippen LogP contribution is -2.57. The van der Waals surface area contributed by atoms with Crippen molar-refractivity contribution < 1.29 is 13.9 Å². The summed E-state index contributed by atoms with van der Waals surface area (Å²) in [6, 6.07) is 7.21. The maximum atomic E-state index is 14.0. The normalized spacial score (nSPS) is 24.8. The minimum absolute atomic E-state index is 0.0522. The van der Waals surface area contributed by atoms with Gasteiger partial charge in [-0.1, -0.05) is 12.8 Å². The number of hydrogen-bond donors (Lipinski definition) is 2. The molecule has 2 fully saturated rings. The monoisotopic (exact) mass is 416 g/mol. The Kier molecular flexibility index (Phi) is 7.19. The maximum absolute atomic E-state index is 14.0. The summed E-state index contributed by atoms with van der Waals surface area (Å²) in [4.78, 5) is 14.4. The quantitative estimate of drug-likeness (QED) is 0.773. The van der Waals surface area contributed by atoms with Gasteiger partial charge < -0.3 is 20.3 Å². The van der Waals surface area contributed by atoms with Gasteiger partial charge in [0.15, 0.2) is 0 Å². The summed E-state index contributed by atoms with van der Waals surface area (Å²) in [5, 5.41) is 15.8. The highest BCUT2D eigenvalue weighted by atomic mass is 19.1. The molecule has 30 heavy (non-hydrogen) atoms. The summed E-state index contributed by atoms with van der Waals surface area (Å²) >= 11 is 0. The van der Waals surface area contributed by atoms with Gasteiger partial charge in [-0.3, -0.25) is 0 Å². The number of nitriles is 1. The van der Waals surface area contributed by atoms with Crippen molar-refractivity contribution >= 4 is 11.8 Å². The van der Waals surface area contributed by atoms with Gasteiger partial charge in [-0.05, 0) is 64.7 Å². The van der Waals surface area contributed by atoms with Crippen molar-refractivity contribution in [3.8, 4) is 6.07 Å². The van der Waals surface area contributed by atoms with Crippen LogP contribution in [0, 0.1) is 17.1 Å². The minimum Gasteiger partial charge on any atom is -0.444 e. The second-order valence-electron chi connectivity index (χ2n) is 9.37. The number of alkyl carbamates (subject to hydrolysis) is 1. The first-order valence-electron chi connectivity index (χ1n) is 11.0. The van der Waals surface area contributed by atoms with Crippen LogP contribution in [0.25, 0.3) is 0 Å². The molecule has 1 amide bonds. The van der Waals surface area contributed by atoms with Crippen LogP contribution in [-0.4, -0.2) is 42.9 Å². The molecule has 2 aliphatic rings. The number of rotatable bonds is 4. The molecule has 1 unspecified atom stereocenters. The zero-order valence-corrected chi connectivity index (χ0v) is 18.2. The fourth-order valence-electron chi connectivity index (χ4n) is 4.40. The van der Waals surface area contributed by atoms with Crippen LogP contribution in [0.5, 0.6) is 0 Å². The lowest BCUT2D eigenvalue weighted by Gasteiger charge is -2.40. The largest absolute Gasteiger partial charge is 0.444 e. The highest BCUT2D eigenvalue weighted by Gasteiger charge is 2.31. The van der Waals surface area contributed by atoms with E-state index in [2.05, 4.69) is 15.5 Å². The predicted octanol–water partition coefficient (Wildman–Crippen LogP) is 4.09. The molecule has 3 rings (SSSR count). The van der Waals surface area contributed by atoms with Gasteiger partial charge in [0.1, 0.15) is 17.5 Å². The average Bonchev–Trinajstić information content (AvgIpc) is 2.68. The molecular formula is C23H33FN4O2.